The molecule has 9 nitrogen and oxygen atoms in total. The van der Waals surface area contributed by atoms with Crippen LogP contribution in [-0.2, 0) is 27.8 Å². The third kappa shape index (κ3) is 4.52. The van der Waals surface area contributed by atoms with Gasteiger partial charge in [0.05, 0.1) is 26.9 Å². The molecule has 0 saturated carbocycles. The van der Waals surface area contributed by atoms with E-state index in [1.54, 1.807) is 24.3 Å². The Morgan fingerprint density at radius 3 is 2.66 bits per heavy atom. The number of anilines is 1. The Morgan fingerprint density at radius 1 is 1.16 bits per heavy atom. The number of hydrogen-bond acceptors (Lipinski definition) is 8. The number of ether oxygens (including phenoxy) is 3. The quantitative estimate of drug-likeness (QED) is 0.500. The van der Waals surface area contributed by atoms with E-state index in [9.17, 15) is 8.42 Å². The predicted octanol–water partition coefficient (Wildman–Crippen LogP) is 3.09. The van der Waals surface area contributed by atoms with Crippen molar-refractivity contribution < 1.29 is 27.2 Å². The highest BCUT2D eigenvalue weighted by Gasteiger charge is 2.25. The molecule has 1 aromatic heterocycles. The van der Waals surface area contributed by atoms with Gasteiger partial charge in [-0.2, -0.15) is 0 Å². The van der Waals surface area contributed by atoms with Gasteiger partial charge in [0.1, 0.15) is 21.8 Å². The molecular weight excluding hydrogens is 434 g/mol. The summed E-state index contributed by atoms with van der Waals surface area (Å²) >= 11 is 0. The summed E-state index contributed by atoms with van der Waals surface area (Å²) in [5, 5.41) is 7.65. The van der Waals surface area contributed by atoms with E-state index in [4.69, 9.17) is 18.7 Å². The number of fused-ring (bicyclic) bond motifs is 1. The number of sulfonamides is 1. The highest BCUT2D eigenvalue weighted by atomic mass is 32.2. The van der Waals surface area contributed by atoms with Crippen LogP contribution in [-0.4, -0.2) is 47.0 Å². The Hall–Kier alpha value is -2.82. The number of benzene rings is 2. The average Bonchev–Trinajstić information content (AvgIpc) is 3.46. The molecule has 0 amide bonds. The monoisotopic (exact) mass is 461 g/mol. The molecule has 1 aliphatic rings. The summed E-state index contributed by atoms with van der Waals surface area (Å²) in [6.07, 6.45) is 1.83. The fourth-order valence-electron chi connectivity index (χ4n) is 3.72. The number of nitrogens with zero attached hydrogens (tertiary/aromatic N) is 1. The molecule has 0 radical (unpaired) electrons. The van der Waals surface area contributed by atoms with Crippen LogP contribution in [0, 0.1) is 0 Å². The van der Waals surface area contributed by atoms with E-state index in [1.165, 1.54) is 14.2 Å². The summed E-state index contributed by atoms with van der Waals surface area (Å²) < 4.78 is 51.0. The van der Waals surface area contributed by atoms with Crippen LogP contribution in [0.15, 0.2) is 39.8 Å². The second-order valence-corrected chi connectivity index (χ2v) is 9.22. The normalized spacial score (nSPS) is 16.4. The molecule has 1 unspecified atom stereocenters. The molecule has 172 valence electrons. The van der Waals surface area contributed by atoms with E-state index in [-0.39, 0.29) is 22.6 Å². The first-order chi connectivity index (χ1) is 15.4. The Labute approximate surface area is 187 Å². The minimum absolute atomic E-state index is 0.0321. The second-order valence-electron chi connectivity index (χ2n) is 7.57. The van der Waals surface area contributed by atoms with Crippen LogP contribution in [0.3, 0.4) is 0 Å². The lowest BCUT2D eigenvalue weighted by Crippen LogP contribution is -2.16. The van der Waals surface area contributed by atoms with E-state index in [1.807, 2.05) is 13.0 Å². The van der Waals surface area contributed by atoms with E-state index >= 15 is 0 Å². The van der Waals surface area contributed by atoms with Crippen LogP contribution in [0.5, 0.6) is 11.5 Å². The van der Waals surface area contributed by atoms with Crippen LogP contribution in [0.2, 0.25) is 0 Å². The van der Waals surface area contributed by atoms with Gasteiger partial charge in [-0.15, -0.1) is 0 Å². The van der Waals surface area contributed by atoms with Crippen LogP contribution >= 0.6 is 0 Å². The molecule has 0 bridgehead atoms. The fourth-order valence-corrected chi connectivity index (χ4v) is 4.95. The number of aryl methyl sites for hydroxylation is 1. The van der Waals surface area contributed by atoms with Gasteiger partial charge in [0.25, 0.3) is 10.0 Å². The highest BCUT2D eigenvalue weighted by Crippen LogP contribution is 2.36. The third-order valence-corrected chi connectivity index (χ3v) is 6.84. The van der Waals surface area contributed by atoms with Crippen molar-refractivity contribution >= 4 is 26.8 Å². The van der Waals surface area contributed by atoms with Gasteiger partial charge in [0, 0.05) is 6.54 Å². The molecule has 10 heteroatoms. The second kappa shape index (κ2) is 9.35. The lowest BCUT2D eigenvalue weighted by molar-refractivity contribution is 0.0541. The summed E-state index contributed by atoms with van der Waals surface area (Å²) in [5.41, 5.74) is 2.12. The minimum atomic E-state index is -3.99. The Morgan fingerprint density at radius 2 is 1.97 bits per heavy atom. The zero-order valence-corrected chi connectivity index (χ0v) is 19.1. The van der Waals surface area contributed by atoms with E-state index < -0.39 is 10.0 Å². The van der Waals surface area contributed by atoms with Crippen LogP contribution < -0.4 is 19.5 Å². The van der Waals surface area contributed by atoms with Crippen molar-refractivity contribution in [2.45, 2.75) is 37.4 Å². The zero-order chi connectivity index (χ0) is 22.7. The minimum Gasteiger partial charge on any atom is -0.496 e. The third-order valence-electron chi connectivity index (χ3n) is 5.48. The van der Waals surface area contributed by atoms with Gasteiger partial charge < -0.3 is 24.1 Å². The number of methoxy groups -OCH3 is 2. The molecule has 3 aromatic rings. The van der Waals surface area contributed by atoms with Crippen molar-refractivity contribution in [2.24, 2.45) is 0 Å². The van der Waals surface area contributed by atoms with Crippen LogP contribution in [0.25, 0.3) is 11.0 Å². The first-order valence-corrected chi connectivity index (χ1v) is 11.9. The summed E-state index contributed by atoms with van der Waals surface area (Å²) in [6, 6.07) is 8.65. The topological polar surface area (TPSA) is 112 Å². The lowest BCUT2D eigenvalue weighted by atomic mass is 10.1. The summed E-state index contributed by atoms with van der Waals surface area (Å²) in [6.45, 7) is 4.12. The van der Waals surface area contributed by atoms with Crippen molar-refractivity contribution in [1.29, 1.82) is 0 Å². The van der Waals surface area contributed by atoms with Crippen LogP contribution in [0.1, 0.15) is 24.5 Å². The smallest absolute Gasteiger partial charge is 0.266 e. The van der Waals surface area contributed by atoms with Gasteiger partial charge in [-0.05, 0) is 54.8 Å². The maximum atomic E-state index is 13.2. The molecule has 0 aliphatic carbocycles. The molecule has 4 rings (SSSR count). The largest absolute Gasteiger partial charge is 0.496 e. The molecular formula is C22H27N3O6S. The molecule has 2 N–H and O–H groups in total. The summed E-state index contributed by atoms with van der Waals surface area (Å²) in [4.78, 5) is 0.0321. The zero-order valence-electron chi connectivity index (χ0n) is 18.3. The average molecular weight is 462 g/mol. The summed E-state index contributed by atoms with van der Waals surface area (Å²) in [7, 11) is -1.05. The van der Waals surface area contributed by atoms with Crippen molar-refractivity contribution in [3.8, 4) is 11.5 Å². The van der Waals surface area contributed by atoms with Gasteiger partial charge in [0.15, 0.2) is 11.4 Å². The maximum Gasteiger partial charge on any atom is 0.266 e. The van der Waals surface area contributed by atoms with E-state index in [0.717, 1.165) is 30.6 Å². The van der Waals surface area contributed by atoms with Crippen molar-refractivity contribution in [2.75, 3.05) is 32.0 Å². The van der Waals surface area contributed by atoms with Gasteiger partial charge >= 0.3 is 0 Å². The van der Waals surface area contributed by atoms with Crippen molar-refractivity contribution in [3.05, 3.63) is 41.5 Å². The molecule has 1 saturated heterocycles. The molecule has 32 heavy (non-hydrogen) atoms. The lowest BCUT2D eigenvalue weighted by Gasteiger charge is -2.13. The number of hydrogen-bond donors (Lipinski definition) is 2. The molecule has 2 aromatic carbocycles. The highest BCUT2D eigenvalue weighted by molar-refractivity contribution is 7.92. The predicted molar refractivity (Wildman–Crippen MR) is 120 cm³/mol. The summed E-state index contributed by atoms with van der Waals surface area (Å²) in [5.74, 6) is 0.738. The van der Waals surface area contributed by atoms with Gasteiger partial charge in [-0.25, -0.2) is 8.42 Å². The standard InChI is InChI=1S/C22H27N3O6S/c1-4-14-5-6-17(28-2)20(11-14)32(26,27)25-22-21-18(29-3)9-15(10-19(21)31-24-22)13-30-16-7-8-23-12-16/h5-6,9-11,16,23H,4,7-8,12-13H2,1-3H3,(H,24,25). The van der Waals surface area contributed by atoms with Crippen molar-refractivity contribution in [3.63, 3.8) is 0 Å². The van der Waals surface area contributed by atoms with E-state index in [0.29, 0.717) is 29.7 Å². The molecule has 2 heterocycles. The number of rotatable bonds is 9. The molecule has 1 atom stereocenters. The Balaban J connectivity index is 1.65. The SMILES string of the molecule is CCc1ccc(OC)c(S(=O)(=O)Nc2noc3cc(COC4CCNC4)cc(OC)c23)c1. The van der Waals surface area contributed by atoms with Gasteiger partial charge in [-0.3, -0.25) is 4.72 Å². The van der Waals surface area contributed by atoms with Gasteiger partial charge in [0.2, 0.25) is 0 Å². The van der Waals surface area contributed by atoms with E-state index in [2.05, 4.69) is 15.2 Å². The molecule has 1 aliphatic heterocycles. The number of aromatic nitrogens is 1. The van der Waals surface area contributed by atoms with Crippen LogP contribution in [0.4, 0.5) is 5.82 Å². The molecule has 1 fully saturated rings. The first kappa shape index (κ1) is 22.4. The first-order valence-electron chi connectivity index (χ1n) is 10.4. The van der Waals surface area contributed by atoms with Crippen molar-refractivity contribution in [1.82, 2.24) is 10.5 Å². The fraction of sp³-hybridized carbons (Fsp3) is 0.409. The molecule has 0 spiro atoms. The van der Waals surface area contributed by atoms with Gasteiger partial charge in [-0.1, -0.05) is 18.1 Å². The maximum absolute atomic E-state index is 13.2. The Kier molecular flexibility index (Phi) is 6.54. The number of nitrogens with one attached hydrogen (secondary N) is 2. The Bertz CT molecular complexity index is 1200.